The van der Waals surface area contributed by atoms with E-state index in [4.69, 9.17) is 16.3 Å². The van der Waals surface area contributed by atoms with Crippen LogP contribution in [-0.4, -0.2) is 63.1 Å². The number of hydrogen-bond acceptors (Lipinski definition) is 8. The Balaban J connectivity index is 1.56. The minimum absolute atomic E-state index is 0.00852. The third-order valence-electron chi connectivity index (χ3n) is 4.60. The van der Waals surface area contributed by atoms with Gasteiger partial charge < -0.3 is 20.3 Å². The fraction of sp³-hybridized carbons (Fsp3) is 0.316. The first-order chi connectivity index (χ1) is 14.5. The van der Waals surface area contributed by atoms with Crippen LogP contribution in [0.3, 0.4) is 0 Å². The highest BCUT2D eigenvalue weighted by molar-refractivity contribution is 6.31. The number of carbonyl (C=O) groups is 1. The Morgan fingerprint density at radius 3 is 2.83 bits per heavy atom. The highest BCUT2D eigenvalue weighted by atomic mass is 35.5. The van der Waals surface area contributed by atoms with Gasteiger partial charge in [0.05, 0.1) is 24.4 Å². The van der Waals surface area contributed by atoms with Crippen molar-refractivity contribution in [3.05, 3.63) is 41.6 Å². The lowest BCUT2D eigenvalue weighted by molar-refractivity contribution is -0.135. The summed E-state index contributed by atoms with van der Waals surface area (Å²) >= 11 is 5.85. The topological polar surface area (TPSA) is 105 Å². The number of benzene rings is 1. The average molecular weight is 432 g/mol. The minimum Gasteiger partial charge on any atom is -0.378 e. The van der Waals surface area contributed by atoms with E-state index in [0.717, 1.165) is 0 Å². The maximum Gasteiger partial charge on any atom is 0.245 e. The van der Waals surface area contributed by atoms with Crippen LogP contribution in [0.2, 0.25) is 5.02 Å². The van der Waals surface area contributed by atoms with Gasteiger partial charge in [0.1, 0.15) is 29.2 Å². The summed E-state index contributed by atoms with van der Waals surface area (Å²) in [4.78, 5) is 31.4. The molecule has 1 amide bonds. The lowest BCUT2D eigenvalue weighted by Crippen LogP contribution is -2.47. The van der Waals surface area contributed by atoms with Crippen LogP contribution < -0.4 is 10.6 Å². The predicted molar refractivity (Wildman–Crippen MR) is 110 cm³/mol. The van der Waals surface area contributed by atoms with Crippen LogP contribution in [0.4, 0.5) is 21.8 Å². The van der Waals surface area contributed by atoms with E-state index in [2.05, 4.69) is 30.6 Å². The molecule has 1 saturated heterocycles. The summed E-state index contributed by atoms with van der Waals surface area (Å²) in [7, 11) is 0. The van der Waals surface area contributed by atoms with Crippen LogP contribution in [-0.2, 0) is 9.53 Å². The standard InChI is InChI=1S/C19H19ClFN7O2/c1-11(18(29)28-4-6-30-7-5-28)25-19-22-9-15-16(27-19)17(24-10-23-15)26-12-2-3-14(21)13(20)8-12/h2-3,8-11H,4-7H2,1H3,(H,22,25,27)(H,23,24,26). The van der Waals surface area contributed by atoms with Gasteiger partial charge in [0.25, 0.3) is 0 Å². The quantitative estimate of drug-likeness (QED) is 0.635. The molecule has 30 heavy (non-hydrogen) atoms. The van der Waals surface area contributed by atoms with Gasteiger partial charge in [0.15, 0.2) is 5.82 Å². The molecule has 0 bridgehead atoms. The lowest BCUT2D eigenvalue weighted by atomic mass is 10.2. The van der Waals surface area contributed by atoms with Crippen LogP contribution in [0.1, 0.15) is 6.92 Å². The molecule has 3 heterocycles. The maximum atomic E-state index is 13.4. The Morgan fingerprint density at radius 2 is 2.07 bits per heavy atom. The number of nitrogens with zero attached hydrogens (tertiary/aromatic N) is 5. The molecule has 4 rings (SSSR count). The van der Waals surface area contributed by atoms with Crippen molar-refractivity contribution in [2.75, 3.05) is 36.9 Å². The molecular weight excluding hydrogens is 413 g/mol. The Labute approximate surface area is 176 Å². The van der Waals surface area contributed by atoms with Gasteiger partial charge in [-0.15, -0.1) is 0 Å². The number of hydrogen-bond donors (Lipinski definition) is 2. The Morgan fingerprint density at radius 1 is 1.27 bits per heavy atom. The smallest absolute Gasteiger partial charge is 0.245 e. The molecule has 1 aromatic carbocycles. The summed E-state index contributed by atoms with van der Waals surface area (Å²) in [6.07, 6.45) is 2.91. The zero-order chi connectivity index (χ0) is 21.1. The van der Waals surface area contributed by atoms with Gasteiger partial charge in [-0.05, 0) is 25.1 Å². The molecule has 0 aliphatic carbocycles. The van der Waals surface area contributed by atoms with E-state index in [1.165, 1.54) is 18.5 Å². The van der Waals surface area contributed by atoms with Crippen molar-refractivity contribution in [2.24, 2.45) is 0 Å². The molecule has 1 aliphatic heterocycles. The molecule has 2 aromatic heterocycles. The summed E-state index contributed by atoms with van der Waals surface area (Å²) in [5.74, 6) is 0.111. The largest absolute Gasteiger partial charge is 0.378 e. The minimum atomic E-state index is -0.516. The Hall–Kier alpha value is -3.11. The van der Waals surface area contributed by atoms with Crippen molar-refractivity contribution in [1.29, 1.82) is 0 Å². The first-order valence-corrected chi connectivity index (χ1v) is 9.72. The SMILES string of the molecule is CC(Nc1ncc2ncnc(Nc3ccc(F)c(Cl)c3)c2n1)C(=O)N1CCOCC1. The molecule has 9 nitrogen and oxygen atoms in total. The van der Waals surface area contributed by atoms with Gasteiger partial charge in [-0.2, -0.15) is 0 Å². The summed E-state index contributed by atoms with van der Waals surface area (Å²) in [6, 6.07) is 3.74. The van der Waals surface area contributed by atoms with Crippen molar-refractivity contribution in [1.82, 2.24) is 24.8 Å². The second-order valence-corrected chi connectivity index (χ2v) is 7.11. The number of halogens is 2. The van der Waals surface area contributed by atoms with Gasteiger partial charge in [-0.1, -0.05) is 11.6 Å². The van der Waals surface area contributed by atoms with Crippen molar-refractivity contribution < 1.29 is 13.9 Å². The number of nitrogens with one attached hydrogen (secondary N) is 2. The van der Waals surface area contributed by atoms with Gasteiger partial charge in [0, 0.05) is 18.8 Å². The number of ether oxygens (including phenoxy) is 1. The van der Waals surface area contributed by atoms with Gasteiger partial charge in [-0.3, -0.25) is 4.79 Å². The summed E-state index contributed by atoms with van der Waals surface area (Å²) < 4.78 is 18.7. The Bertz CT molecular complexity index is 1080. The predicted octanol–water partition coefficient (Wildman–Crippen LogP) is 2.62. The normalized spacial score (nSPS) is 15.1. The van der Waals surface area contributed by atoms with Gasteiger partial charge in [0.2, 0.25) is 11.9 Å². The molecule has 1 unspecified atom stereocenters. The number of anilines is 3. The molecular formula is C19H19ClFN7O2. The van der Waals surface area contributed by atoms with Crippen molar-refractivity contribution in [3.8, 4) is 0 Å². The van der Waals surface area contributed by atoms with E-state index in [1.807, 2.05) is 0 Å². The average Bonchev–Trinajstić information content (AvgIpc) is 2.77. The second kappa shape index (κ2) is 8.72. The molecule has 1 aliphatic rings. The fourth-order valence-corrected chi connectivity index (χ4v) is 3.22. The molecule has 0 spiro atoms. The fourth-order valence-electron chi connectivity index (χ4n) is 3.04. The second-order valence-electron chi connectivity index (χ2n) is 6.71. The number of aromatic nitrogens is 4. The zero-order valence-corrected chi connectivity index (χ0v) is 16.9. The number of fused-ring (bicyclic) bond motifs is 1. The van der Waals surface area contributed by atoms with E-state index < -0.39 is 11.9 Å². The first-order valence-electron chi connectivity index (χ1n) is 9.34. The third kappa shape index (κ3) is 4.39. The van der Waals surface area contributed by atoms with Crippen molar-refractivity contribution >= 4 is 46.0 Å². The van der Waals surface area contributed by atoms with E-state index in [-0.39, 0.29) is 16.9 Å². The van der Waals surface area contributed by atoms with Gasteiger partial charge in [-0.25, -0.2) is 24.3 Å². The zero-order valence-electron chi connectivity index (χ0n) is 16.1. The monoisotopic (exact) mass is 431 g/mol. The summed E-state index contributed by atoms with van der Waals surface area (Å²) in [5.41, 5.74) is 1.50. The van der Waals surface area contributed by atoms with Crippen LogP contribution in [0, 0.1) is 5.82 Å². The molecule has 156 valence electrons. The molecule has 0 saturated carbocycles. The lowest BCUT2D eigenvalue weighted by Gasteiger charge is -2.29. The molecule has 2 N–H and O–H groups in total. The molecule has 1 atom stereocenters. The maximum absolute atomic E-state index is 13.4. The van der Waals surface area contributed by atoms with Crippen LogP contribution in [0.15, 0.2) is 30.7 Å². The van der Waals surface area contributed by atoms with Crippen molar-refractivity contribution in [2.45, 2.75) is 13.0 Å². The number of amides is 1. The number of carbonyl (C=O) groups excluding carboxylic acids is 1. The third-order valence-corrected chi connectivity index (χ3v) is 4.89. The van der Waals surface area contributed by atoms with E-state index in [0.29, 0.717) is 48.8 Å². The highest BCUT2D eigenvalue weighted by Crippen LogP contribution is 2.25. The van der Waals surface area contributed by atoms with Gasteiger partial charge >= 0.3 is 0 Å². The Kier molecular flexibility index (Phi) is 5.86. The molecule has 1 fully saturated rings. The number of morpholine rings is 1. The van der Waals surface area contributed by atoms with Crippen LogP contribution in [0.5, 0.6) is 0 Å². The summed E-state index contributed by atoms with van der Waals surface area (Å²) in [6.45, 7) is 3.94. The molecule has 11 heteroatoms. The number of rotatable bonds is 5. The summed E-state index contributed by atoms with van der Waals surface area (Å²) in [5, 5.41) is 6.08. The van der Waals surface area contributed by atoms with E-state index in [9.17, 15) is 9.18 Å². The first kappa shape index (κ1) is 20.2. The van der Waals surface area contributed by atoms with E-state index >= 15 is 0 Å². The van der Waals surface area contributed by atoms with E-state index in [1.54, 1.807) is 24.1 Å². The highest BCUT2D eigenvalue weighted by Gasteiger charge is 2.23. The van der Waals surface area contributed by atoms with Crippen molar-refractivity contribution in [3.63, 3.8) is 0 Å². The van der Waals surface area contributed by atoms with Crippen LogP contribution >= 0.6 is 11.6 Å². The molecule has 3 aromatic rings. The van der Waals surface area contributed by atoms with Crippen LogP contribution in [0.25, 0.3) is 11.0 Å². The molecule has 0 radical (unpaired) electrons.